The Morgan fingerprint density at radius 1 is 1.16 bits per heavy atom. The Morgan fingerprint density at radius 3 is 2.40 bits per heavy atom. The minimum Gasteiger partial charge on any atom is -0.345 e. The summed E-state index contributed by atoms with van der Waals surface area (Å²) >= 11 is 3.48. The van der Waals surface area contributed by atoms with E-state index < -0.39 is 11.8 Å². The van der Waals surface area contributed by atoms with E-state index >= 15 is 0 Å². The van der Waals surface area contributed by atoms with Gasteiger partial charge in [0.1, 0.15) is 0 Å². The summed E-state index contributed by atoms with van der Waals surface area (Å²) in [5, 5.41) is 8.19. The van der Waals surface area contributed by atoms with Crippen molar-refractivity contribution in [3.8, 4) is 0 Å². The second kappa shape index (κ2) is 6.40. The summed E-state index contributed by atoms with van der Waals surface area (Å²) < 4.78 is 39.4. The number of hydrogen-bond acceptors (Lipinski definition) is 3. The number of rotatable bonds is 5. The molecule has 0 spiro atoms. The number of fused-ring (bicyclic) bond motifs is 1. The second-order valence-electron chi connectivity index (χ2n) is 6.01. The lowest BCUT2D eigenvalue weighted by molar-refractivity contribution is -0.166. The zero-order chi connectivity index (χ0) is 18.2. The topological polar surface area (TPSA) is 45.0 Å². The Bertz CT molecular complexity index is 845. The van der Waals surface area contributed by atoms with Crippen molar-refractivity contribution in [1.82, 2.24) is 4.90 Å². The van der Waals surface area contributed by atoms with Crippen molar-refractivity contribution in [2.24, 2.45) is 10.2 Å². The molecule has 1 heterocycles. The van der Waals surface area contributed by atoms with E-state index in [0.717, 1.165) is 20.8 Å². The van der Waals surface area contributed by atoms with Gasteiger partial charge in [0.05, 0.1) is 6.42 Å². The van der Waals surface area contributed by atoms with E-state index in [1.165, 1.54) is 11.9 Å². The van der Waals surface area contributed by atoms with E-state index in [9.17, 15) is 18.0 Å². The summed E-state index contributed by atoms with van der Waals surface area (Å²) in [7, 11) is 1.50. The molecule has 1 amide bonds. The molecule has 0 aromatic heterocycles. The Balaban J connectivity index is 1.68. The van der Waals surface area contributed by atoms with Gasteiger partial charge in [-0.25, -0.2) is 0 Å². The molecule has 0 atom stereocenters. The third-order valence-corrected chi connectivity index (χ3v) is 5.01. The predicted molar refractivity (Wildman–Crippen MR) is 91.2 cm³/mol. The molecule has 0 saturated heterocycles. The van der Waals surface area contributed by atoms with Crippen molar-refractivity contribution in [3.63, 3.8) is 0 Å². The van der Waals surface area contributed by atoms with Gasteiger partial charge in [-0.1, -0.05) is 46.3 Å². The molecule has 2 aromatic rings. The van der Waals surface area contributed by atoms with Crippen LogP contribution in [-0.4, -0.2) is 36.2 Å². The lowest BCUT2D eigenvalue weighted by atomic mass is 10.0. The third kappa shape index (κ3) is 3.53. The number of alkyl halides is 3. The number of likely N-dealkylation sites (N-methyl/N-ethyl adjacent to an activating group) is 1. The number of carbonyl (C=O) groups excluding carboxylic acids is 1. The van der Waals surface area contributed by atoms with Crippen LogP contribution < -0.4 is 0 Å². The quantitative estimate of drug-likeness (QED) is 0.699. The normalized spacial score (nSPS) is 15.4. The fraction of sp³-hybridized carbons (Fsp3) is 0.353. The molecule has 0 aliphatic carbocycles. The molecule has 25 heavy (non-hydrogen) atoms. The van der Waals surface area contributed by atoms with Crippen molar-refractivity contribution in [3.05, 3.63) is 46.4 Å². The lowest BCUT2D eigenvalue weighted by Gasteiger charge is -2.21. The van der Waals surface area contributed by atoms with Gasteiger partial charge in [0, 0.05) is 24.5 Å². The molecule has 0 bridgehead atoms. The number of amides is 1. The van der Waals surface area contributed by atoms with E-state index in [2.05, 4.69) is 26.2 Å². The first kappa shape index (κ1) is 17.8. The summed E-state index contributed by atoms with van der Waals surface area (Å²) in [6, 6.07) is 11.4. The van der Waals surface area contributed by atoms with E-state index in [1.54, 1.807) is 0 Å². The van der Waals surface area contributed by atoms with Gasteiger partial charge in [0.2, 0.25) is 5.91 Å². The maximum Gasteiger partial charge on any atom is 0.437 e. The van der Waals surface area contributed by atoms with Crippen molar-refractivity contribution in [1.29, 1.82) is 0 Å². The van der Waals surface area contributed by atoms with E-state index in [4.69, 9.17) is 0 Å². The van der Waals surface area contributed by atoms with E-state index in [-0.39, 0.29) is 25.3 Å². The Morgan fingerprint density at radius 2 is 1.80 bits per heavy atom. The highest BCUT2D eigenvalue weighted by atomic mass is 79.9. The number of benzene rings is 2. The van der Waals surface area contributed by atoms with Gasteiger partial charge in [-0.05, 0) is 22.4 Å². The maximum absolute atomic E-state index is 12.8. The molecule has 0 saturated carbocycles. The van der Waals surface area contributed by atoms with Crippen LogP contribution in [-0.2, 0) is 11.2 Å². The maximum atomic E-state index is 12.8. The number of halogens is 4. The molecular formula is C17H15BrF3N3O. The van der Waals surface area contributed by atoms with Crippen LogP contribution in [0.4, 0.5) is 13.2 Å². The van der Waals surface area contributed by atoms with Crippen LogP contribution >= 0.6 is 15.9 Å². The summed E-state index contributed by atoms with van der Waals surface area (Å²) in [5.74, 6) is -0.245. The fourth-order valence-electron chi connectivity index (χ4n) is 2.64. The highest BCUT2D eigenvalue weighted by Crippen LogP contribution is 2.46. The Labute approximate surface area is 150 Å². The minimum atomic E-state index is -4.50. The highest BCUT2D eigenvalue weighted by Gasteiger charge is 2.63. The van der Waals surface area contributed by atoms with Gasteiger partial charge >= 0.3 is 6.18 Å². The highest BCUT2D eigenvalue weighted by molar-refractivity contribution is 9.10. The molecule has 1 aliphatic heterocycles. The fourth-order valence-corrected chi connectivity index (χ4v) is 3.12. The molecule has 2 aromatic carbocycles. The average molecular weight is 414 g/mol. The van der Waals surface area contributed by atoms with Gasteiger partial charge in [0.25, 0.3) is 5.66 Å². The van der Waals surface area contributed by atoms with Crippen LogP contribution in [0, 0.1) is 0 Å². The number of hydrogen-bond donors (Lipinski definition) is 0. The minimum absolute atomic E-state index is 0.0558. The van der Waals surface area contributed by atoms with Crippen molar-refractivity contribution in [2.45, 2.75) is 24.7 Å². The van der Waals surface area contributed by atoms with E-state index in [1.807, 2.05) is 36.4 Å². The lowest BCUT2D eigenvalue weighted by Crippen LogP contribution is -2.38. The standard InChI is InChI=1S/C17H15BrF3N3O/c1-24(9-8-16(22-23-16)17(19,20)21)15(25)10-11-6-7-14(18)13-5-3-2-4-12(11)13/h2-7H,8-10H2,1H3. The van der Waals surface area contributed by atoms with Crippen molar-refractivity contribution in [2.75, 3.05) is 13.6 Å². The number of nitrogens with zero attached hydrogens (tertiary/aromatic N) is 3. The Kier molecular flexibility index (Phi) is 4.57. The van der Waals surface area contributed by atoms with Crippen LogP contribution in [0.25, 0.3) is 10.8 Å². The smallest absolute Gasteiger partial charge is 0.345 e. The zero-order valence-corrected chi connectivity index (χ0v) is 14.9. The molecule has 1 aliphatic rings. The SMILES string of the molecule is CN(CCC1(C(F)(F)F)N=N1)C(=O)Cc1ccc(Br)c2ccccc12. The molecule has 132 valence electrons. The van der Waals surface area contributed by atoms with Crippen molar-refractivity contribution < 1.29 is 18.0 Å². The molecular weight excluding hydrogens is 399 g/mol. The van der Waals surface area contributed by atoms with Crippen LogP contribution in [0.3, 0.4) is 0 Å². The van der Waals surface area contributed by atoms with Crippen LogP contribution in [0.1, 0.15) is 12.0 Å². The predicted octanol–water partition coefficient (Wildman–Crippen LogP) is 4.72. The first-order valence-electron chi connectivity index (χ1n) is 7.64. The Hall–Kier alpha value is -1.96. The summed E-state index contributed by atoms with van der Waals surface area (Å²) in [4.78, 5) is 13.7. The van der Waals surface area contributed by atoms with Gasteiger partial charge < -0.3 is 4.90 Å². The number of carbonyl (C=O) groups is 1. The molecule has 8 heteroatoms. The van der Waals surface area contributed by atoms with Gasteiger partial charge in [-0.2, -0.15) is 13.2 Å². The van der Waals surface area contributed by atoms with Gasteiger partial charge in [-0.3, -0.25) is 4.79 Å². The molecule has 4 nitrogen and oxygen atoms in total. The monoisotopic (exact) mass is 413 g/mol. The van der Waals surface area contributed by atoms with Gasteiger partial charge in [0.15, 0.2) is 0 Å². The second-order valence-corrected chi connectivity index (χ2v) is 6.86. The van der Waals surface area contributed by atoms with Crippen LogP contribution in [0.2, 0.25) is 0 Å². The average Bonchev–Trinajstić information content (AvgIpc) is 3.36. The first-order chi connectivity index (χ1) is 11.7. The summed E-state index contributed by atoms with van der Waals surface area (Å²) in [6.07, 6.45) is -4.73. The third-order valence-electron chi connectivity index (χ3n) is 4.32. The molecule has 0 N–H and O–H groups in total. The first-order valence-corrected chi connectivity index (χ1v) is 8.44. The molecule has 0 fully saturated rings. The van der Waals surface area contributed by atoms with Crippen LogP contribution in [0.15, 0.2) is 51.1 Å². The van der Waals surface area contributed by atoms with Crippen LogP contribution in [0.5, 0.6) is 0 Å². The largest absolute Gasteiger partial charge is 0.437 e. The van der Waals surface area contributed by atoms with E-state index in [0.29, 0.717) is 0 Å². The molecule has 3 rings (SSSR count). The van der Waals surface area contributed by atoms with Gasteiger partial charge in [-0.15, -0.1) is 10.2 Å². The molecule has 0 unspecified atom stereocenters. The zero-order valence-electron chi connectivity index (χ0n) is 13.3. The van der Waals surface area contributed by atoms with Crippen molar-refractivity contribution >= 4 is 32.6 Å². The molecule has 0 radical (unpaired) electrons. The summed E-state index contributed by atoms with van der Waals surface area (Å²) in [5.41, 5.74) is -1.48. The summed E-state index contributed by atoms with van der Waals surface area (Å²) in [6.45, 7) is -0.0558.